The van der Waals surface area contributed by atoms with E-state index in [1.807, 2.05) is 18.9 Å². The number of likely N-dealkylation sites (tertiary alicyclic amines) is 1. The van der Waals surface area contributed by atoms with Gasteiger partial charge in [0.1, 0.15) is 0 Å². The molecule has 4 unspecified atom stereocenters. The SMILES string of the molecule is CCN(C)C(=O)C1C2CN(C3CC4CCCC(C3)N4c3nc(C)no3)CC21. The van der Waals surface area contributed by atoms with Crippen LogP contribution in [0.25, 0.3) is 0 Å². The number of hydrogen-bond donors (Lipinski definition) is 0. The van der Waals surface area contributed by atoms with E-state index in [2.05, 4.69) is 26.9 Å². The van der Waals surface area contributed by atoms with Gasteiger partial charge in [-0.05, 0) is 57.8 Å². The number of rotatable bonds is 4. The van der Waals surface area contributed by atoms with Crippen LogP contribution in [0.5, 0.6) is 0 Å². The van der Waals surface area contributed by atoms with E-state index in [1.54, 1.807) is 0 Å². The second-order valence-electron chi connectivity index (χ2n) is 9.06. The molecular formula is C20H31N5O2. The quantitative estimate of drug-likeness (QED) is 0.803. The van der Waals surface area contributed by atoms with Crippen molar-refractivity contribution in [1.82, 2.24) is 19.9 Å². The Hall–Kier alpha value is -1.63. The van der Waals surface area contributed by atoms with E-state index in [0.717, 1.165) is 31.5 Å². The second kappa shape index (κ2) is 6.47. The van der Waals surface area contributed by atoms with Crippen molar-refractivity contribution >= 4 is 11.9 Å². The molecule has 1 aliphatic carbocycles. The largest absolute Gasteiger partial charge is 0.346 e. The fourth-order valence-electron chi connectivity index (χ4n) is 5.99. The minimum absolute atomic E-state index is 0.298. The van der Waals surface area contributed by atoms with Crippen molar-refractivity contribution in [3.63, 3.8) is 0 Å². The summed E-state index contributed by atoms with van der Waals surface area (Å²) >= 11 is 0. The van der Waals surface area contributed by atoms with E-state index in [-0.39, 0.29) is 0 Å². The molecule has 3 aliphatic heterocycles. The molecule has 1 aromatic heterocycles. The number of carbonyl (C=O) groups excluding carboxylic acids is 1. The molecule has 5 rings (SSSR count). The Bertz CT molecular complexity index is 695. The molecule has 1 aromatic rings. The van der Waals surface area contributed by atoms with E-state index < -0.39 is 0 Å². The zero-order valence-electron chi connectivity index (χ0n) is 16.7. The molecule has 0 spiro atoms. The van der Waals surface area contributed by atoms with E-state index in [4.69, 9.17) is 4.52 Å². The van der Waals surface area contributed by atoms with Gasteiger partial charge in [-0.25, -0.2) is 0 Å². The lowest BCUT2D eigenvalue weighted by atomic mass is 9.81. The third kappa shape index (κ3) is 2.85. The van der Waals surface area contributed by atoms with E-state index >= 15 is 0 Å². The molecule has 27 heavy (non-hydrogen) atoms. The molecule has 1 saturated carbocycles. The molecule has 4 atom stereocenters. The van der Waals surface area contributed by atoms with Gasteiger partial charge in [-0.1, -0.05) is 5.16 Å². The van der Waals surface area contributed by atoms with Crippen LogP contribution in [0.15, 0.2) is 4.52 Å². The highest BCUT2D eigenvalue weighted by atomic mass is 16.5. The summed E-state index contributed by atoms with van der Waals surface area (Å²) in [6.45, 7) is 6.99. The summed E-state index contributed by atoms with van der Waals surface area (Å²) in [5.41, 5.74) is 0. The van der Waals surface area contributed by atoms with Gasteiger partial charge >= 0.3 is 6.01 Å². The van der Waals surface area contributed by atoms with E-state index in [9.17, 15) is 4.79 Å². The fraction of sp³-hybridized carbons (Fsp3) is 0.850. The number of amides is 1. The van der Waals surface area contributed by atoms with Crippen LogP contribution in [0.2, 0.25) is 0 Å². The number of nitrogens with zero attached hydrogens (tertiary/aromatic N) is 5. The van der Waals surface area contributed by atoms with Crippen LogP contribution in [-0.4, -0.2) is 70.7 Å². The van der Waals surface area contributed by atoms with Gasteiger partial charge in [0.25, 0.3) is 0 Å². The Balaban J connectivity index is 1.23. The molecule has 3 saturated heterocycles. The minimum atomic E-state index is 0.298. The number of hydrogen-bond acceptors (Lipinski definition) is 6. The molecule has 7 nitrogen and oxygen atoms in total. The Morgan fingerprint density at radius 2 is 1.85 bits per heavy atom. The Morgan fingerprint density at radius 3 is 2.41 bits per heavy atom. The predicted molar refractivity (Wildman–Crippen MR) is 101 cm³/mol. The van der Waals surface area contributed by atoms with Crippen molar-refractivity contribution < 1.29 is 9.32 Å². The third-order valence-corrected chi connectivity index (χ3v) is 7.56. The summed E-state index contributed by atoms with van der Waals surface area (Å²) in [5.74, 6) is 2.58. The molecule has 0 aromatic carbocycles. The van der Waals surface area contributed by atoms with Crippen molar-refractivity contribution in [1.29, 1.82) is 0 Å². The van der Waals surface area contributed by atoms with Crippen molar-refractivity contribution in [2.24, 2.45) is 17.8 Å². The number of carbonyl (C=O) groups is 1. The minimum Gasteiger partial charge on any atom is -0.346 e. The maximum Gasteiger partial charge on any atom is 0.324 e. The fourth-order valence-corrected chi connectivity index (χ4v) is 5.99. The lowest BCUT2D eigenvalue weighted by Gasteiger charge is -2.50. The molecule has 4 heterocycles. The first-order chi connectivity index (χ1) is 13.1. The molecule has 4 fully saturated rings. The van der Waals surface area contributed by atoms with E-state index in [1.165, 1.54) is 32.1 Å². The molecule has 4 aliphatic rings. The number of fused-ring (bicyclic) bond motifs is 3. The van der Waals surface area contributed by atoms with Crippen molar-refractivity contribution in [3.05, 3.63) is 5.82 Å². The highest BCUT2D eigenvalue weighted by Crippen LogP contribution is 2.54. The lowest BCUT2D eigenvalue weighted by Crippen LogP contribution is -2.57. The van der Waals surface area contributed by atoms with Gasteiger partial charge in [-0.15, -0.1) is 0 Å². The zero-order valence-corrected chi connectivity index (χ0v) is 16.7. The normalized spacial score (nSPS) is 38.0. The summed E-state index contributed by atoms with van der Waals surface area (Å²) in [6, 6.07) is 2.40. The van der Waals surface area contributed by atoms with Gasteiger partial charge in [-0.2, -0.15) is 4.98 Å². The van der Waals surface area contributed by atoms with Crippen LogP contribution in [0, 0.1) is 24.7 Å². The Kier molecular flexibility index (Phi) is 4.18. The van der Waals surface area contributed by atoms with Gasteiger partial charge < -0.3 is 14.3 Å². The maximum absolute atomic E-state index is 12.5. The van der Waals surface area contributed by atoms with Crippen LogP contribution in [0.3, 0.4) is 0 Å². The second-order valence-corrected chi connectivity index (χ2v) is 9.06. The molecule has 148 valence electrons. The first kappa shape index (κ1) is 17.5. The average molecular weight is 374 g/mol. The van der Waals surface area contributed by atoms with Crippen molar-refractivity contribution in [2.45, 2.75) is 64.1 Å². The van der Waals surface area contributed by atoms with Gasteiger partial charge in [0, 0.05) is 50.7 Å². The first-order valence-electron chi connectivity index (χ1n) is 10.6. The van der Waals surface area contributed by atoms with Crippen molar-refractivity contribution in [2.75, 3.05) is 31.6 Å². The molecule has 1 amide bonds. The van der Waals surface area contributed by atoms with Gasteiger partial charge in [0.15, 0.2) is 5.82 Å². The molecule has 0 N–H and O–H groups in total. The Labute approximate surface area is 161 Å². The van der Waals surface area contributed by atoms with Gasteiger partial charge in [0.05, 0.1) is 0 Å². The van der Waals surface area contributed by atoms with Crippen LogP contribution < -0.4 is 4.90 Å². The standard InChI is InChI=1S/C20H31N5O2/c1-4-23(3)19(26)18-16-10-24(11-17(16)18)15-8-13-6-5-7-14(9-15)25(13)20-21-12(2)22-27-20/h13-18H,4-11H2,1-3H3. The number of anilines is 1. The van der Waals surface area contributed by atoms with Crippen LogP contribution in [-0.2, 0) is 4.79 Å². The Morgan fingerprint density at radius 1 is 1.19 bits per heavy atom. The first-order valence-corrected chi connectivity index (χ1v) is 10.6. The lowest BCUT2D eigenvalue weighted by molar-refractivity contribution is -0.132. The maximum atomic E-state index is 12.5. The summed E-state index contributed by atoms with van der Waals surface area (Å²) in [5, 5.41) is 4.00. The van der Waals surface area contributed by atoms with Crippen LogP contribution in [0.4, 0.5) is 6.01 Å². The summed E-state index contributed by atoms with van der Waals surface area (Å²) < 4.78 is 5.51. The van der Waals surface area contributed by atoms with Crippen LogP contribution >= 0.6 is 0 Å². The molecule has 0 radical (unpaired) electrons. The van der Waals surface area contributed by atoms with Crippen LogP contribution in [0.1, 0.15) is 44.9 Å². The van der Waals surface area contributed by atoms with Gasteiger partial charge in [0.2, 0.25) is 5.91 Å². The summed E-state index contributed by atoms with van der Waals surface area (Å²) in [4.78, 5) is 24.0. The summed E-state index contributed by atoms with van der Waals surface area (Å²) in [6.07, 6.45) is 6.11. The molecule has 7 heteroatoms. The number of aromatic nitrogens is 2. The van der Waals surface area contributed by atoms with Gasteiger partial charge in [-0.3, -0.25) is 9.69 Å². The van der Waals surface area contributed by atoms with E-state index in [0.29, 0.717) is 41.8 Å². The number of piperidine rings is 3. The molecule has 2 bridgehead atoms. The molecular weight excluding hydrogens is 342 g/mol. The monoisotopic (exact) mass is 373 g/mol. The zero-order chi connectivity index (χ0) is 18.7. The summed E-state index contributed by atoms with van der Waals surface area (Å²) in [7, 11) is 1.93. The predicted octanol–water partition coefficient (Wildman–Crippen LogP) is 1.92. The smallest absolute Gasteiger partial charge is 0.324 e. The van der Waals surface area contributed by atoms with Crippen molar-refractivity contribution in [3.8, 4) is 0 Å². The number of aryl methyl sites for hydroxylation is 1. The third-order valence-electron chi connectivity index (χ3n) is 7.56. The average Bonchev–Trinajstić information content (AvgIpc) is 2.98. The highest BCUT2D eigenvalue weighted by Gasteiger charge is 2.61. The highest BCUT2D eigenvalue weighted by molar-refractivity contribution is 5.82. The topological polar surface area (TPSA) is 65.7 Å².